The summed E-state index contributed by atoms with van der Waals surface area (Å²) in [5.41, 5.74) is 1.31. The molecule has 336 valence electrons. The Kier molecular flexibility index (Phi) is 19.3. The van der Waals surface area contributed by atoms with E-state index in [2.05, 4.69) is 45.7 Å². The molecule has 0 N–H and O–H groups in total. The maximum Gasteiger partial charge on any atom is 0.329 e. The van der Waals surface area contributed by atoms with Gasteiger partial charge in [0.05, 0.1) is 22.5 Å². The third-order valence-electron chi connectivity index (χ3n) is 10.7. The zero-order chi connectivity index (χ0) is 47.6. The number of benzene rings is 5. The van der Waals surface area contributed by atoms with Crippen molar-refractivity contribution >= 4 is 46.8 Å². The van der Waals surface area contributed by atoms with E-state index in [1.807, 2.05) is 91.9 Å². The highest BCUT2D eigenvalue weighted by atomic mass is 35.5. The molecular weight excluding hydrogens is 885 g/mol. The molecule has 5 aromatic carbocycles. The third-order valence-corrected chi connectivity index (χ3v) is 11.5. The van der Waals surface area contributed by atoms with Gasteiger partial charge in [-0.2, -0.15) is 10.5 Å². The third kappa shape index (κ3) is 14.5. The smallest absolute Gasteiger partial charge is 0.329 e. The molecule has 6 aromatic rings. The number of para-hydroxylation sites is 2. The Labute approximate surface area is 396 Å². The summed E-state index contributed by atoms with van der Waals surface area (Å²) in [5, 5.41) is 16.9. The quantitative estimate of drug-likeness (QED) is 0.104. The number of nitriles is 1. The van der Waals surface area contributed by atoms with E-state index in [4.69, 9.17) is 65.6 Å². The molecule has 1 aliphatic carbocycles. The van der Waals surface area contributed by atoms with Gasteiger partial charge < -0.3 is 23.8 Å². The number of halogens is 3. The Morgan fingerprint density at radius 2 is 1.34 bits per heavy atom. The molecular formula is C51H50Cl3N5O6. The Bertz CT molecular complexity index is 2470. The van der Waals surface area contributed by atoms with Crippen molar-refractivity contribution in [1.29, 1.82) is 10.5 Å². The maximum atomic E-state index is 12.6. The van der Waals surface area contributed by atoms with Crippen molar-refractivity contribution in [2.45, 2.75) is 47.1 Å². The van der Waals surface area contributed by atoms with Crippen molar-refractivity contribution in [3.63, 3.8) is 0 Å². The van der Waals surface area contributed by atoms with Crippen LogP contribution in [0.2, 0.25) is 15.1 Å². The summed E-state index contributed by atoms with van der Waals surface area (Å²) in [4.78, 5) is 30.5. The number of aromatic nitrogens is 2. The average molecular weight is 935 g/mol. The highest BCUT2D eigenvalue weighted by Crippen LogP contribution is 2.68. The van der Waals surface area contributed by atoms with Crippen LogP contribution < -0.4 is 14.2 Å². The van der Waals surface area contributed by atoms with Crippen LogP contribution in [0.4, 0.5) is 4.79 Å². The number of carbonyl (C=O) groups is 2. The number of carbonyl (C=O) groups excluding carboxylic acids is 2. The van der Waals surface area contributed by atoms with Crippen LogP contribution in [0.3, 0.4) is 0 Å². The second kappa shape index (κ2) is 24.5. The molecule has 1 saturated carbocycles. The molecule has 1 atom stereocenters. The summed E-state index contributed by atoms with van der Waals surface area (Å²) in [5.74, 6) is 2.82. The first-order chi connectivity index (χ1) is 31.1. The van der Waals surface area contributed by atoms with Crippen molar-refractivity contribution in [3.8, 4) is 34.8 Å². The number of ether oxygens (including phenoxy) is 4. The molecule has 2 radical (unpaired) electrons. The molecule has 0 aliphatic heterocycles. The fraction of sp³-hybridized carbons (Fsp3) is 0.255. The Morgan fingerprint density at radius 3 is 1.83 bits per heavy atom. The molecule has 1 aromatic heterocycles. The van der Waals surface area contributed by atoms with E-state index in [1.54, 1.807) is 53.7 Å². The minimum absolute atomic E-state index is 0.123. The summed E-state index contributed by atoms with van der Waals surface area (Å²) in [6, 6.07) is 38.9. The van der Waals surface area contributed by atoms with E-state index in [1.165, 1.54) is 10.9 Å². The fourth-order valence-electron chi connectivity index (χ4n) is 6.77. The second-order valence-corrected chi connectivity index (χ2v) is 16.9. The van der Waals surface area contributed by atoms with E-state index in [9.17, 15) is 14.9 Å². The van der Waals surface area contributed by atoms with Crippen molar-refractivity contribution in [1.82, 2.24) is 14.5 Å². The average Bonchev–Trinajstić information content (AvgIpc) is 3.60. The Balaban J connectivity index is 0.000000218. The number of hydrogen-bond acceptors (Lipinski definition) is 9. The van der Waals surface area contributed by atoms with Gasteiger partial charge in [-0.1, -0.05) is 130 Å². The fourth-order valence-corrected chi connectivity index (χ4v) is 7.70. The van der Waals surface area contributed by atoms with E-state index in [0.717, 1.165) is 23.5 Å². The monoisotopic (exact) mass is 933 g/mol. The lowest BCUT2D eigenvalue weighted by Crippen LogP contribution is -2.37. The van der Waals surface area contributed by atoms with E-state index >= 15 is 0 Å². The van der Waals surface area contributed by atoms with Crippen molar-refractivity contribution in [2.24, 2.45) is 16.7 Å². The van der Waals surface area contributed by atoms with Gasteiger partial charge in [-0.3, -0.25) is 9.36 Å². The van der Waals surface area contributed by atoms with Crippen LogP contribution >= 0.6 is 34.8 Å². The molecule has 1 amide bonds. The summed E-state index contributed by atoms with van der Waals surface area (Å²) in [7, 11) is 0. The van der Waals surface area contributed by atoms with Gasteiger partial charge in [0.1, 0.15) is 42.0 Å². The van der Waals surface area contributed by atoms with Gasteiger partial charge in [-0.25, -0.2) is 9.78 Å². The van der Waals surface area contributed by atoms with E-state index in [-0.39, 0.29) is 35.4 Å². The first-order valence-electron chi connectivity index (χ1n) is 20.5. The summed E-state index contributed by atoms with van der Waals surface area (Å²) in [6.07, 6.45) is 4.53. The van der Waals surface area contributed by atoms with E-state index in [0.29, 0.717) is 51.0 Å². The predicted molar refractivity (Wildman–Crippen MR) is 253 cm³/mol. The van der Waals surface area contributed by atoms with Gasteiger partial charge >= 0.3 is 12.0 Å². The lowest BCUT2D eigenvalue weighted by atomic mass is 10.0. The van der Waals surface area contributed by atoms with Crippen LogP contribution in [0.15, 0.2) is 140 Å². The number of imidazole rings is 1. The first-order valence-corrected chi connectivity index (χ1v) is 21.6. The van der Waals surface area contributed by atoms with Crippen molar-refractivity contribution < 1.29 is 28.5 Å². The van der Waals surface area contributed by atoms with Crippen LogP contribution in [-0.4, -0.2) is 46.1 Å². The lowest BCUT2D eigenvalue weighted by molar-refractivity contribution is -0.150. The molecule has 1 fully saturated rings. The van der Waals surface area contributed by atoms with Gasteiger partial charge in [0.25, 0.3) is 0 Å². The highest BCUT2D eigenvalue weighted by Gasteiger charge is 2.69. The normalized spacial score (nSPS) is 13.3. The van der Waals surface area contributed by atoms with Crippen molar-refractivity contribution in [2.75, 3.05) is 19.7 Å². The van der Waals surface area contributed by atoms with Crippen LogP contribution in [-0.2, 0) is 9.53 Å². The Morgan fingerprint density at radius 1 is 0.800 bits per heavy atom. The molecule has 14 heteroatoms. The minimum Gasteiger partial charge on any atom is -0.489 e. The SMILES string of the molecule is CC1(C)C(C(=O)OC(C#N)c2cccc(Oc3ccccc3)c2)C1(C)C.CCCN(CCOc1c(Cl)cc(Cl)cc1Cl)C(=O)n1ccnc1.[CH2]c1cccc(Oc2ccccc2)c1.[C]#N. The van der Waals surface area contributed by atoms with Gasteiger partial charge in [-0.05, 0) is 90.4 Å². The molecule has 0 saturated heterocycles. The first kappa shape index (κ1) is 51.1. The topological polar surface area (TPSA) is 140 Å². The number of amides is 1. The van der Waals surface area contributed by atoms with Crippen molar-refractivity contribution in [3.05, 3.63) is 180 Å². The molecule has 1 aliphatic rings. The molecule has 7 rings (SSSR count). The maximum absolute atomic E-state index is 12.6. The van der Waals surface area contributed by atoms with Crippen LogP contribution in [0.25, 0.3) is 0 Å². The molecule has 1 unspecified atom stereocenters. The predicted octanol–water partition coefficient (Wildman–Crippen LogP) is 13.6. The second-order valence-electron chi connectivity index (χ2n) is 15.7. The standard InChI is InChI=1S/C22H23NO3.C15H16Cl3N3O2.C13H11O.CN/c1-21(2)19(22(21,3)4)20(24)26-18(14-23)15-9-8-12-17(13-15)25-16-10-6-5-7-11-16;1-2-4-20(15(22)21-5-3-19-10-21)6-7-23-14-12(17)8-11(16)9-13(14)18;1-11-6-5-9-13(10-11)14-12-7-3-2-4-8-12;1-2/h5-13,18-19H,1-4H3;3,5,8-10H,2,4,6-7H2,1H3;2-10H,1H2;. The van der Waals surface area contributed by atoms with Gasteiger partial charge in [-0.15, -0.1) is 0 Å². The minimum atomic E-state index is -0.950. The zero-order valence-corrected chi connectivity index (χ0v) is 39.1. The number of nitrogens with zero attached hydrogens (tertiary/aromatic N) is 5. The number of hydrogen-bond donors (Lipinski definition) is 0. The molecule has 1 heterocycles. The molecule has 65 heavy (non-hydrogen) atoms. The Hall–Kier alpha value is -6.50. The van der Waals surface area contributed by atoms with Gasteiger partial charge in [0, 0.05) is 29.5 Å². The van der Waals surface area contributed by atoms with Gasteiger partial charge in [0.2, 0.25) is 6.10 Å². The number of rotatable bonds is 13. The zero-order valence-electron chi connectivity index (χ0n) is 36.8. The largest absolute Gasteiger partial charge is 0.489 e. The highest BCUT2D eigenvalue weighted by molar-refractivity contribution is 6.40. The lowest BCUT2D eigenvalue weighted by Gasteiger charge is -2.22. The van der Waals surface area contributed by atoms with Crippen LogP contribution in [0.5, 0.6) is 28.7 Å². The van der Waals surface area contributed by atoms with E-state index < -0.39 is 6.10 Å². The number of esters is 1. The summed E-state index contributed by atoms with van der Waals surface area (Å²) >= 11 is 18.0. The molecule has 0 bridgehead atoms. The molecule has 11 nitrogen and oxygen atoms in total. The summed E-state index contributed by atoms with van der Waals surface area (Å²) in [6.45, 7) is 20.1. The van der Waals surface area contributed by atoms with Gasteiger partial charge in [0.15, 0.2) is 12.3 Å². The van der Waals surface area contributed by atoms with Crippen LogP contribution in [0.1, 0.15) is 58.3 Å². The van der Waals surface area contributed by atoms with Crippen LogP contribution in [0, 0.1) is 46.8 Å². The molecule has 0 spiro atoms. The summed E-state index contributed by atoms with van der Waals surface area (Å²) < 4.78 is 24.0.